The lowest BCUT2D eigenvalue weighted by molar-refractivity contribution is 0.0501. The molecule has 2 aromatic carbocycles. The third-order valence-corrected chi connectivity index (χ3v) is 11.6. The molecule has 0 bridgehead atoms. The van der Waals surface area contributed by atoms with E-state index < -0.39 is 5.60 Å². The molecule has 2 atom stereocenters. The van der Waals surface area contributed by atoms with E-state index in [2.05, 4.69) is 93.9 Å². The van der Waals surface area contributed by atoms with Gasteiger partial charge in [-0.05, 0) is 106 Å². The second-order valence-electron chi connectivity index (χ2n) is 17.3. The van der Waals surface area contributed by atoms with Crippen LogP contribution in [-0.2, 0) is 31.7 Å². The van der Waals surface area contributed by atoms with Crippen molar-refractivity contribution in [1.82, 2.24) is 54.8 Å². The Labute approximate surface area is 354 Å². The lowest BCUT2D eigenvalue weighted by Crippen LogP contribution is -2.35. The summed E-state index contributed by atoms with van der Waals surface area (Å²) in [6.07, 6.45) is 19.0. The molecule has 6 aromatic heterocycles. The van der Waals surface area contributed by atoms with Crippen LogP contribution in [0.15, 0.2) is 86.0 Å². The fourth-order valence-corrected chi connectivity index (χ4v) is 8.67. The Bertz CT molecular complexity index is 2860. The Morgan fingerprint density at radius 3 is 1.75 bits per heavy atom. The summed E-state index contributed by atoms with van der Waals surface area (Å²) in [6.45, 7) is 5.63. The monoisotopic (exact) mass is 816 g/mol. The summed E-state index contributed by atoms with van der Waals surface area (Å²) in [6, 6.07) is 17.3. The molecule has 0 radical (unpaired) electrons. The van der Waals surface area contributed by atoms with E-state index in [0.717, 1.165) is 111 Å². The first kappa shape index (κ1) is 39.8. The quantitative estimate of drug-likeness (QED) is 0.123. The zero-order valence-corrected chi connectivity index (χ0v) is 35.4. The van der Waals surface area contributed by atoms with Gasteiger partial charge in [-0.1, -0.05) is 37.1 Å². The molecule has 0 aliphatic heterocycles. The molecule has 0 spiro atoms. The second-order valence-corrected chi connectivity index (χ2v) is 17.3. The van der Waals surface area contributed by atoms with Crippen molar-refractivity contribution in [2.24, 2.45) is 19.8 Å². The lowest BCUT2D eigenvalue weighted by atomic mass is 9.95. The maximum absolute atomic E-state index is 12.4. The predicted octanol–water partition coefficient (Wildman–Crippen LogP) is 9.07. The highest BCUT2D eigenvalue weighted by molar-refractivity contribution is 5.95. The van der Waals surface area contributed by atoms with Gasteiger partial charge in [0, 0.05) is 65.6 Å². The van der Waals surface area contributed by atoms with E-state index in [9.17, 15) is 4.79 Å². The van der Waals surface area contributed by atoms with Gasteiger partial charge in [0.1, 0.15) is 29.6 Å². The minimum Gasteiger partial charge on any atom is -0.444 e. The molecule has 6 heterocycles. The van der Waals surface area contributed by atoms with Crippen LogP contribution in [-0.4, -0.2) is 61.2 Å². The maximum atomic E-state index is 12.4. The summed E-state index contributed by atoms with van der Waals surface area (Å²) >= 11 is 0. The van der Waals surface area contributed by atoms with Crippen LogP contribution in [0.1, 0.15) is 93.6 Å². The molecule has 10 rings (SSSR count). The molecule has 0 saturated carbocycles. The van der Waals surface area contributed by atoms with E-state index in [1.165, 1.54) is 29.5 Å². The third-order valence-electron chi connectivity index (χ3n) is 11.6. The summed E-state index contributed by atoms with van der Waals surface area (Å²) < 4.78 is 9.08. The highest BCUT2D eigenvalue weighted by atomic mass is 16.6. The number of aromatic nitrogens is 10. The number of carbonyl (C=O) groups excluding carboxylic acids is 1. The topological polar surface area (TPSA) is 183 Å². The van der Waals surface area contributed by atoms with Gasteiger partial charge < -0.3 is 25.8 Å². The van der Waals surface area contributed by atoms with Gasteiger partial charge in [-0.15, -0.1) is 0 Å². The summed E-state index contributed by atoms with van der Waals surface area (Å²) in [7, 11) is 3.82. The average Bonchev–Trinajstić information content (AvgIpc) is 4.02. The molecule has 14 nitrogen and oxygen atoms in total. The molecular weight excluding hydrogens is 765 g/mol. The molecule has 14 heteroatoms. The number of nitrogens with one attached hydrogen (secondary N) is 3. The van der Waals surface area contributed by atoms with Crippen molar-refractivity contribution >= 4 is 28.2 Å². The number of benzene rings is 2. The van der Waals surface area contributed by atoms with Gasteiger partial charge in [0.05, 0.1) is 41.2 Å². The van der Waals surface area contributed by atoms with Crippen LogP contribution < -0.4 is 11.1 Å². The van der Waals surface area contributed by atoms with Crippen molar-refractivity contribution in [3.8, 4) is 45.0 Å². The van der Waals surface area contributed by atoms with Crippen LogP contribution in [0.25, 0.3) is 67.1 Å². The van der Waals surface area contributed by atoms with Crippen LogP contribution in [0, 0.1) is 0 Å². The SMILES string of the molecule is Cn1cc(-c2cc3c(-c4ccc5c(c4)CCCCC5N)ncnc3[nH]2)cn1.Cn1cc(-c2cc3c(-c4ccc5c(c4)CCCCC5NC(=O)OC(C)(C)C)ncnc3[nH]2)cn1. The zero-order valence-electron chi connectivity index (χ0n) is 35.4. The maximum Gasteiger partial charge on any atom is 0.408 e. The van der Waals surface area contributed by atoms with Crippen LogP contribution in [0.5, 0.6) is 0 Å². The van der Waals surface area contributed by atoms with Gasteiger partial charge >= 0.3 is 6.09 Å². The van der Waals surface area contributed by atoms with Gasteiger partial charge in [0.2, 0.25) is 0 Å². The minimum atomic E-state index is -0.523. The van der Waals surface area contributed by atoms with Crippen molar-refractivity contribution in [1.29, 1.82) is 0 Å². The van der Waals surface area contributed by atoms with Crippen molar-refractivity contribution in [3.05, 3.63) is 108 Å². The first-order valence-electron chi connectivity index (χ1n) is 21.1. The largest absolute Gasteiger partial charge is 0.444 e. The standard InChI is InChI=1S/C26H30N6O2.C21H22N6/c1-26(2,3)34-25(33)31-21-8-6-5-7-16-11-17(9-10-19(16)21)23-20-12-22(18-13-29-32(4)14-18)30-24(20)28-15-27-23;1-27-11-15(10-25-27)19-9-17-20(23-12-24-21(17)26-19)14-6-7-16-13(8-14)4-2-3-5-18(16)22/h9-15,21H,5-8H2,1-4H3,(H,31,33)(H,27,28,30);6-12,18H,2-5,22H2,1H3,(H,23,24,26). The van der Waals surface area contributed by atoms with Gasteiger partial charge in [0.25, 0.3) is 0 Å². The van der Waals surface area contributed by atoms with E-state index in [1.54, 1.807) is 22.0 Å². The number of amides is 1. The summed E-state index contributed by atoms with van der Waals surface area (Å²) in [5, 5.41) is 13.6. The number of nitrogens with two attached hydrogens (primary N) is 1. The average molecular weight is 817 g/mol. The van der Waals surface area contributed by atoms with Gasteiger partial charge in [-0.3, -0.25) is 9.36 Å². The van der Waals surface area contributed by atoms with E-state index in [0.29, 0.717) is 0 Å². The zero-order chi connectivity index (χ0) is 42.3. The molecule has 61 heavy (non-hydrogen) atoms. The second kappa shape index (κ2) is 16.4. The Morgan fingerprint density at radius 1 is 0.705 bits per heavy atom. The number of fused-ring (bicyclic) bond motifs is 4. The van der Waals surface area contributed by atoms with Crippen LogP contribution in [0.4, 0.5) is 4.79 Å². The number of alkyl carbamates (subject to hydrolysis) is 1. The summed E-state index contributed by atoms with van der Waals surface area (Å²) in [5.41, 5.74) is 20.5. The number of aromatic amines is 2. The first-order chi connectivity index (χ1) is 29.5. The van der Waals surface area contributed by atoms with E-state index in [4.69, 9.17) is 10.5 Å². The number of hydrogen-bond acceptors (Lipinski definition) is 9. The van der Waals surface area contributed by atoms with Crippen LogP contribution >= 0.6 is 0 Å². The van der Waals surface area contributed by atoms with E-state index in [-0.39, 0.29) is 18.2 Å². The smallest absolute Gasteiger partial charge is 0.408 e. The van der Waals surface area contributed by atoms with Crippen molar-refractivity contribution in [2.45, 2.75) is 89.8 Å². The number of H-pyrrole nitrogens is 2. The summed E-state index contributed by atoms with van der Waals surface area (Å²) in [5.74, 6) is 0. The fraction of sp³-hybridized carbons (Fsp3) is 0.340. The number of aryl methyl sites for hydroxylation is 4. The Kier molecular flexibility index (Phi) is 10.7. The number of rotatable bonds is 5. The molecule has 312 valence electrons. The van der Waals surface area contributed by atoms with Crippen molar-refractivity contribution in [2.75, 3.05) is 0 Å². The van der Waals surface area contributed by atoms with Crippen molar-refractivity contribution in [3.63, 3.8) is 0 Å². The lowest BCUT2D eigenvalue weighted by Gasteiger charge is -2.24. The van der Waals surface area contributed by atoms with Crippen LogP contribution in [0.2, 0.25) is 0 Å². The van der Waals surface area contributed by atoms with Gasteiger partial charge in [-0.2, -0.15) is 10.2 Å². The van der Waals surface area contributed by atoms with Gasteiger partial charge in [-0.25, -0.2) is 24.7 Å². The Morgan fingerprint density at radius 2 is 1.23 bits per heavy atom. The Hall–Kier alpha value is -6.67. The van der Waals surface area contributed by atoms with Crippen molar-refractivity contribution < 1.29 is 9.53 Å². The first-order valence-corrected chi connectivity index (χ1v) is 21.1. The van der Waals surface area contributed by atoms with Gasteiger partial charge in [0.15, 0.2) is 0 Å². The third kappa shape index (κ3) is 8.53. The molecule has 2 aliphatic carbocycles. The highest BCUT2D eigenvalue weighted by Gasteiger charge is 2.25. The number of carbonyl (C=O) groups is 1. The van der Waals surface area contributed by atoms with E-state index in [1.807, 2.05) is 59.7 Å². The Balaban J connectivity index is 0.000000160. The molecule has 1 amide bonds. The minimum absolute atomic E-state index is 0.0590. The molecule has 2 aliphatic rings. The molecule has 0 fully saturated rings. The molecule has 5 N–H and O–H groups in total. The fourth-order valence-electron chi connectivity index (χ4n) is 8.67. The summed E-state index contributed by atoms with van der Waals surface area (Å²) in [4.78, 5) is 37.3. The van der Waals surface area contributed by atoms with Crippen LogP contribution in [0.3, 0.4) is 0 Å². The molecule has 0 saturated heterocycles. The molecular formula is C47H52N12O2. The number of hydrogen-bond donors (Lipinski definition) is 4. The van der Waals surface area contributed by atoms with E-state index >= 15 is 0 Å². The molecule has 8 aromatic rings. The number of nitrogens with zero attached hydrogens (tertiary/aromatic N) is 8. The molecule has 2 unspecified atom stereocenters. The normalized spacial score (nSPS) is 16.6. The predicted molar refractivity (Wildman–Crippen MR) is 237 cm³/mol. The number of ether oxygens (including phenoxy) is 1. The highest BCUT2D eigenvalue weighted by Crippen LogP contribution is 2.36.